The summed E-state index contributed by atoms with van der Waals surface area (Å²) >= 11 is 6.71. The first-order valence-corrected chi connectivity index (χ1v) is 10.2. The minimum absolute atomic E-state index is 0.0887. The molecule has 0 saturated heterocycles. The zero-order valence-electron chi connectivity index (χ0n) is 15.6. The van der Waals surface area contributed by atoms with Gasteiger partial charge in [0, 0.05) is 20.9 Å². The van der Waals surface area contributed by atoms with Crippen LogP contribution in [0, 0.1) is 0 Å². The number of carbonyl (C=O) groups excluding carboxylic acids is 2. The lowest BCUT2D eigenvalue weighted by Gasteiger charge is -2.14. The van der Waals surface area contributed by atoms with Gasteiger partial charge in [0.15, 0.2) is 5.96 Å². The molecule has 0 aliphatic rings. The number of carboxylic acid groups (broad SMARTS) is 1. The summed E-state index contributed by atoms with van der Waals surface area (Å²) in [5.74, 6) is -2.02. The number of rotatable bonds is 8. The van der Waals surface area contributed by atoms with E-state index in [0.29, 0.717) is 21.4 Å². The number of aliphatic imine (C=N–C) groups is 1. The average molecular weight is 541 g/mol. The number of anilines is 1. The molecule has 0 aromatic heterocycles. The van der Waals surface area contributed by atoms with E-state index in [2.05, 4.69) is 47.5 Å². The second kappa shape index (κ2) is 10.7. The highest BCUT2D eigenvalue weighted by molar-refractivity contribution is 9.11. The highest BCUT2D eigenvalue weighted by Crippen LogP contribution is 2.31. The molecule has 11 heteroatoms. The van der Waals surface area contributed by atoms with Gasteiger partial charge in [-0.2, -0.15) is 0 Å². The molecule has 30 heavy (non-hydrogen) atoms. The Morgan fingerprint density at radius 1 is 1.10 bits per heavy atom. The van der Waals surface area contributed by atoms with Crippen LogP contribution >= 0.6 is 31.9 Å². The Labute approximate surface area is 189 Å². The van der Waals surface area contributed by atoms with Crippen molar-refractivity contribution in [1.82, 2.24) is 5.32 Å². The largest absolute Gasteiger partial charge is 0.481 e. The monoisotopic (exact) mass is 539 g/mol. The number of benzene rings is 2. The molecule has 0 bridgehead atoms. The van der Waals surface area contributed by atoms with Crippen molar-refractivity contribution in [3.05, 3.63) is 56.5 Å². The summed E-state index contributed by atoms with van der Waals surface area (Å²) in [6.07, 6.45) is 0.140. The maximum atomic E-state index is 12.4. The normalized spacial score (nSPS) is 10.2. The molecule has 0 fully saturated rings. The number of halogens is 2. The second-order valence-corrected chi connectivity index (χ2v) is 7.90. The van der Waals surface area contributed by atoms with E-state index >= 15 is 0 Å². The van der Waals surface area contributed by atoms with Gasteiger partial charge in [-0.3, -0.25) is 14.4 Å². The van der Waals surface area contributed by atoms with Crippen LogP contribution in [0.3, 0.4) is 0 Å². The van der Waals surface area contributed by atoms with E-state index in [-0.39, 0.29) is 30.9 Å². The average Bonchev–Trinajstić information content (AvgIpc) is 2.66. The Morgan fingerprint density at radius 3 is 2.50 bits per heavy atom. The molecule has 0 atom stereocenters. The molecule has 0 spiro atoms. The predicted molar refractivity (Wildman–Crippen MR) is 121 cm³/mol. The maximum Gasteiger partial charge on any atom is 0.303 e. The van der Waals surface area contributed by atoms with Gasteiger partial charge in [-0.05, 0) is 58.2 Å². The molecule has 2 amide bonds. The van der Waals surface area contributed by atoms with Crippen LogP contribution in [0.2, 0.25) is 0 Å². The van der Waals surface area contributed by atoms with Gasteiger partial charge in [-0.25, -0.2) is 4.99 Å². The summed E-state index contributed by atoms with van der Waals surface area (Å²) in [6.45, 7) is -0.285. The molecule has 0 heterocycles. The first-order chi connectivity index (χ1) is 14.2. The molecule has 0 aliphatic heterocycles. The van der Waals surface area contributed by atoms with Crippen molar-refractivity contribution >= 4 is 67.0 Å². The number of guanidine groups is 1. The molecular formula is C19H19Br2N5O4. The first kappa shape index (κ1) is 23.4. The summed E-state index contributed by atoms with van der Waals surface area (Å²) in [4.78, 5) is 39.4. The van der Waals surface area contributed by atoms with E-state index in [0.717, 1.165) is 4.47 Å². The number of nitrogens with zero attached hydrogens (tertiary/aromatic N) is 1. The Morgan fingerprint density at radius 2 is 1.83 bits per heavy atom. The van der Waals surface area contributed by atoms with Crippen LogP contribution in [-0.2, 0) is 16.0 Å². The van der Waals surface area contributed by atoms with Crippen LogP contribution in [0.15, 0.2) is 50.3 Å². The summed E-state index contributed by atoms with van der Waals surface area (Å²) in [6, 6.07) is 9.76. The van der Waals surface area contributed by atoms with Crippen molar-refractivity contribution in [2.45, 2.75) is 12.8 Å². The molecule has 0 aliphatic carbocycles. The number of hydrogen-bond donors (Lipinski definition) is 5. The lowest BCUT2D eigenvalue weighted by Crippen LogP contribution is -2.33. The fraction of sp³-hybridized carbons (Fsp3) is 0.158. The summed E-state index contributed by atoms with van der Waals surface area (Å²) in [5, 5.41) is 14.2. The third-order valence-corrected chi connectivity index (χ3v) is 4.87. The van der Waals surface area contributed by atoms with Crippen molar-refractivity contribution in [3.8, 4) is 0 Å². The molecular weight excluding hydrogens is 522 g/mol. The topological polar surface area (TPSA) is 160 Å². The summed E-state index contributed by atoms with van der Waals surface area (Å²) in [5.41, 5.74) is 12.5. The number of aliphatic carboxylic acids is 1. The van der Waals surface area contributed by atoms with E-state index in [1.165, 1.54) is 6.07 Å². The molecule has 0 saturated carbocycles. The molecule has 0 unspecified atom stereocenters. The quantitative estimate of drug-likeness (QED) is 0.255. The zero-order valence-corrected chi connectivity index (χ0v) is 18.8. The van der Waals surface area contributed by atoms with E-state index < -0.39 is 17.8 Å². The lowest BCUT2D eigenvalue weighted by atomic mass is 10.1. The van der Waals surface area contributed by atoms with Crippen LogP contribution in [0.25, 0.3) is 0 Å². The van der Waals surface area contributed by atoms with Gasteiger partial charge in [0.2, 0.25) is 5.91 Å². The molecule has 158 valence electrons. The standard InChI is InChI=1S/C19H19Br2N5O4/c20-12-6-10(4-5-16(28)29)17(14(21)8-12)26-15(27)9-24-18(30)11-2-1-3-13(7-11)25-19(22)23/h1-3,6-8H,4-5,9H2,(H,24,30)(H,26,27)(H,28,29)(H4,22,23,25). The van der Waals surface area contributed by atoms with Crippen molar-refractivity contribution < 1.29 is 19.5 Å². The Bertz CT molecular complexity index is 1010. The van der Waals surface area contributed by atoms with E-state index in [1.54, 1.807) is 30.3 Å². The number of hydrogen-bond acceptors (Lipinski definition) is 4. The highest BCUT2D eigenvalue weighted by atomic mass is 79.9. The van der Waals surface area contributed by atoms with E-state index in [9.17, 15) is 14.4 Å². The van der Waals surface area contributed by atoms with Crippen LogP contribution in [0.4, 0.5) is 11.4 Å². The Hall–Kier alpha value is -2.92. The van der Waals surface area contributed by atoms with Crippen LogP contribution in [0.5, 0.6) is 0 Å². The van der Waals surface area contributed by atoms with Crippen molar-refractivity contribution in [2.24, 2.45) is 16.5 Å². The molecule has 9 nitrogen and oxygen atoms in total. The minimum atomic E-state index is -0.946. The number of nitrogens with two attached hydrogens (primary N) is 2. The molecule has 2 aromatic carbocycles. The van der Waals surface area contributed by atoms with Gasteiger partial charge >= 0.3 is 5.97 Å². The smallest absolute Gasteiger partial charge is 0.303 e. The van der Waals surface area contributed by atoms with Crippen LogP contribution < -0.4 is 22.1 Å². The minimum Gasteiger partial charge on any atom is -0.481 e. The van der Waals surface area contributed by atoms with Gasteiger partial charge in [-0.1, -0.05) is 22.0 Å². The van der Waals surface area contributed by atoms with Crippen molar-refractivity contribution in [1.29, 1.82) is 0 Å². The lowest BCUT2D eigenvalue weighted by molar-refractivity contribution is -0.137. The third-order valence-electron chi connectivity index (χ3n) is 3.79. The molecule has 0 radical (unpaired) electrons. The van der Waals surface area contributed by atoms with Gasteiger partial charge in [0.1, 0.15) is 0 Å². The highest BCUT2D eigenvalue weighted by Gasteiger charge is 2.14. The number of carboxylic acids is 1. The van der Waals surface area contributed by atoms with Gasteiger partial charge < -0.3 is 27.2 Å². The fourth-order valence-corrected chi connectivity index (χ4v) is 3.93. The molecule has 2 rings (SSSR count). The number of nitrogens with one attached hydrogen (secondary N) is 2. The molecule has 7 N–H and O–H groups in total. The van der Waals surface area contributed by atoms with Gasteiger partial charge in [0.05, 0.1) is 17.9 Å². The van der Waals surface area contributed by atoms with Gasteiger partial charge in [-0.15, -0.1) is 0 Å². The third kappa shape index (κ3) is 7.16. The second-order valence-electron chi connectivity index (χ2n) is 6.13. The number of aryl methyl sites for hydroxylation is 1. The maximum absolute atomic E-state index is 12.4. The zero-order chi connectivity index (χ0) is 22.3. The molecule has 2 aromatic rings. The van der Waals surface area contributed by atoms with Crippen molar-refractivity contribution in [2.75, 3.05) is 11.9 Å². The number of amides is 2. The fourth-order valence-electron chi connectivity index (χ4n) is 2.52. The Kier molecular flexibility index (Phi) is 8.36. The van der Waals surface area contributed by atoms with Gasteiger partial charge in [0.25, 0.3) is 5.91 Å². The number of carbonyl (C=O) groups is 3. The van der Waals surface area contributed by atoms with Crippen LogP contribution in [-0.4, -0.2) is 35.4 Å². The van der Waals surface area contributed by atoms with Crippen LogP contribution in [0.1, 0.15) is 22.3 Å². The van der Waals surface area contributed by atoms with E-state index in [4.69, 9.17) is 16.6 Å². The first-order valence-electron chi connectivity index (χ1n) is 8.63. The Balaban J connectivity index is 2.05. The van der Waals surface area contributed by atoms with Crippen molar-refractivity contribution in [3.63, 3.8) is 0 Å². The van der Waals surface area contributed by atoms with E-state index in [1.807, 2.05) is 0 Å². The summed E-state index contributed by atoms with van der Waals surface area (Å²) < 4.78 is 1.32. The summed E-state index contributed by atoms with van der Waals surface area (Å²) in [7, 11) is 0. The predicted octanol–water partition coefficient (Wildman–Crippen LogP) is 2.50. The SMILES string of the molecule is NC(N)=Nc1cccc(C(=O)NCC(=O)Nc2c(Br)cc(Br)cc2CCC(=O)O)c1.